The van der Waals surface area contributed by atoms with Gasteiger partial charge in [-0.2, -0.15) is 0 Å². The van der Waals surface area contributed by atoms with Gasteiger partial charge in [0.05, 0.1) is 35.8 Å². The van der Waals surface area contributed by atoms with Crippen molar-refractivity contribution in [3.8, 4) is 5.75 Å². The first-order valence-corrected chi connectivity index (χ1v) is 15.2. The van der Waals surface area contributed by atoms with Gasteiger partial charge in [0.2, 0.25) is 11.8 Å². The molecule has 2 saturated carbocycles. The highest BCUT2D eigenvalue weighted by Gasteiger charge is 2.53. The van der Waals surface area contributed by atoms with Gasteiger partial charge in [0.1, 0.15) is 5.75 Å². The van der Waals surface area contributed by atoms with Crippen molar-refractivity contribution < 1.29 is 38.3 Å². The number of imide groups is 1. The van der Waals surface area contributed by atoms with E-state index in [1.165, 1.54) is 17.7 Å². The van der Waals surface area contributed by atoms with E-state index >= 15 is 0 Å². The lowest BCUT2D eigenvalue weighted by atomic mass is 9.78. The van der Waals surface area contributed by atoms with Crippen molar-refractivity contribution in [3.63, 3.8) is 0 Å². The molecule has 2 saturated heterocycles. The van der Waals surface area contributed by atoms with Gasteiger partial charge in [0.15, 0.2) is 0 Å². The van der Waals surface area contributed by atoms with Crippen LogP contribution >= 0.6 is 7.82 Å². The summed E-state index contributed by atoms with van der Waals surface area (Å²) in [6.45, 7) is 4.54. The van der Waals surface area contributed by atoms with E-state index in [-0.39, 0.29) is 24.7 Å². The standard InChI is InChI=1S/C26H38N3O8P/c30-22-16-19-20(17-24(22)37-38(33,34)35)26(32)29(25(19)31)11-5-10-27-12-14-28(15-13-27)21-8-3-4-9-23(21)36-18-6-1-2-7-18/h3-4,8-9,18-20,22,24,30H,1-2,5-7,10-17H2,(H2,33,34,35). The summed E-state index contributed by atoms with van der Waals surface area (Å²) < 4.78 is 22.2. The van der Waals surface area contributed by atoms with Crippen LogP contribution in [0.15, 0.2) is 24.3 Å². The molecule has 5 rings (SSSR count). The van der Waals surface area contributed by atoms with Crippen molar-refractivity contribution in [2.24, 2.45) is 11.8 Å². The molecule has 210 valence electrons. The molecule has 38 heavy (non-hydrogen) atoms. The largest absolute Gasteiger partial charge is 0.488 e. The third kappa shape index (κ3) is 6.24. The molecule has 0 bridgehead atoms. The predicted octanol–water partition coefficient (Wildman–Crippen LogP) is 1.75. The number of anilines is 1. The molecule has 0 aromatic heterocycles. The summed E-state index contributed by atoms with van der Waals surface area (Å²) >= 11 is 0. The first-order chi connectivity index (χ1) is 18.2. The number of rotatable bonds is 9. The smallest absolute Gasteiger partial charge is 0.469 e. The van der Waals surface area contributed by atoms with E-state index in [9.17, 15) is 19.3 Å². The fraction of sp³-hybridized carbons (Fsp3) is 0.692. The Labute approximate surface area is 222 Å². The number of para-hydroxylation sites is 2. The lowest BCUT2D eigenvalue weighted by Gasteiger charge is -2.37. The number of aliphatic hydroxyl groups excluding tert-OH is 1. The molecule has 2 aliphatic carbocycles. The van der Waals surface area contributed by atoms with Crippen molar-refractivity contribution in [2.75, 3.05) is 44.2 Å². The maximum absolute atomic E-state index is 12.9. The molecule has 4 unspecified atom stereocenters. The number of hydrogen-bond acceptors (Lipinski definition) is 8. The Morgan fingerprint density at radius 2 is 1.58 bits per heavy atom. The molecule has 4 fully saturated rings. The average Bonchev–Trinajstić information content (AvgIpc) is 3.47. The highest BCUT2D eigenvalue weighted by Crippen LogP contribution is 2.45. The molecule has 0 spiro atoms. The van der Waals surface area contributed by atoms with Gasteiger partial charge in [-0.15, -0.1) is 0 Å². The zero-order valence-corrected chi connectivity index (χ0v) is 22.5. The SMILES string of the molecule is O=C1C2CC(O)C(OP(=O)(O)O)CC2C(=O)N1CCCN1CCN(c2ccccc2OC2CCCC2)CC1. The van der Waals surface area contributed by atoms with Crippen LogP contribution in [0.1, 0.15) is 44.9 Å². The van der Waals surface area contributed by atoms with E-state index in [2.05, 4.69) is 26.5 Å². The monoisotopic (exact) mass is 551 g/mol. The van der Waals surface area contributed by atoms with Gasteiger partial charge in [-0.25, -0.2) is 4.57 Å². The number of ether oxygens (including phenoxy) is 1. The van der Waals surface area contributed by atoms with Gasteiger partial charge in [-0.1, -0.05) is 12.1 Å². The van der Waals surface area contributed by atoms with Crippen LogP contribution in [0.3, 0.4) is 0 Å². The first-order valence-electron chi connectivity index (χ1n) is 13.7. The van der Waals surface area contributed by atoms with E-state index in [1.807, 2.05) is 12.1 Å². The number of carbonyl (C=O) groups excluding carboxylic acids is 2. The van der Waals surface area contributed by atoms with Gasteiger partial charge in [-0.3, -0.25) is 23.9 Å². The van der Waals surface area contributed by atoms with Crippen LogP contribution in [0.5, 0.6) is 5.75 Å². The van der Waals surface area contributed by atoms with Crippen LogP contribution in [0.25, 0.3) is 0 Å². The number of amides is 2. The molecular formula is C26H38N3O8P. The number of nitrogens with zero attached hydrogens (tertiary/aromatic N) is 3. The van der Waals surface area contributed by atoms with E-state index in [0.29, 0.717) is 19.1 Å². The summed E-state index contributed by atoms with van der Waals surface area (Å²) in [5.74, 6) is -1.06. The highest BCUT2D eigenvalue weighted by atomic mass is 31.2. The van der Waals surface area contributed by atoms with Crippen molar-refractivity contribution in [1.29, 1.82) is 0 Å². The molecule has 2 heterocycles. The summed E-state index contributed by atoms with van der Waals surface area (Å²) in [4.78, 5) is 50.0. The van der Waals surface area contributed by atoms with Gasteiger partial charge in [0, 0.05) is 32.7 Å². The molecule has 1 aromatic rings. The molecule has 4 atom stereocenters. The van der Waals surface area contributed by atoms with E-state index < -0.39 is 31.9 Å². The fourth-order valence-corrected chi connectivity index (χ4v) is 6.96. The highest BCUT2D eigenvalue weighted by molar-refractivity contribution is 7.46. The summed E-state index contributed by atoms with van der Waals surface area (Å²) in [5.41, 5.74) is 1.14. The number of likely N-dealkylation sites (tertiary alicyclic amines) is 1. The Bertz CT molecular complexity index is 1050. The summed E-state index contributed by atoms with van der Waals surface area (Å²) in [6, 6.07) is 8.24. The Morgan fingerprint density at radius 1 is 0.921 bits per heavy atom. The quantitative estimate of drug-likeness (QED) is 0.307. The summed E-state index contributed by atoms with van der Waals surface area (Å²) in [7, 11) is -4.81. The topological polar surface area (TPSA) is 140 Å². The minimum Gasteiger partial charge on any atom is -0.488 e. The predicted molar refractivity (Wildman–Crippen MR) is 138 cm³/mol. The summed E-state index contributed by atoms with van der Waals surface area (Å²) in [5, 5.41) is 10.2. The summed E-state index contributed by atoms with van der Waals surface area (Å²) in [6.07, 6.45) is 3.17. The molecule has 0 radical (unpaired) electrons. The molecule has 12 heteroatoms. The number of carbonyl (C=O) groups is 2. The van der Waals surface area contributed by atoms with Crippen molar-refractivity contribution >= 4 is 25.3 Å². The van der Waals surface area contributed by atoms with Crippen molar-refractivity contribution in [2.45, 2.75) is 63.3 Å². The lowest BCUT2D eigenvalue weighted by molar-refractivity contribution is -0.140. The second kappa shape index (κ2) is 11.6. The molecule has 4 aliphatic rings. The number of fused-ring (bicyclic) bond motifs is 1. The van der Waals surface area contributed by atoms with Gasteiger partial charge in [0.25, 0.3) is 0 Å². The Hall–Kier alpha value is -2.01. The van der Waals surface area contributed by atoms with Crippen molar-refractivity contribution in [1.82, 2.24) is 9.80 Å². The second-order valence-electron chi connectivity index (χ2n) is 10.9. The number of hydrogen-bond donors (Lipinski definition) is 3. The second-order valence-corrected chi connectivity index (χ2v) is 12.1. The van der Waals surface area contributed by atoms with Crippen molar-refractivity contribution in [3.05, 3.63) is 24.3 Å². The first kappa shape index (κ1) is 27.6. The maximum atomic E-state index is 12.9. The van der Waals surface area contributed by atoms with Crippen LogP contribution in [-0.4, -0.2) is 94.1 Å². The lowest BCUT2D eigenvalue weighted by Crippen LogP contribution is -2.47. The molecule has 3 N–H and O–H groups in total. The molecule has 1 aromatic carbocycles. The van der Waals surface area contributed by atoms with E-state index in [1.54, 1.807) is 0 Å². The Kier molecular flexibility index (Phi) is 8.42. The normalized spacial score (nSPS) is 29.2. The van der Waals surface area contributed by atoms with Gasteiger partial charge in [-0.05, 0) is 63.6 Å². The molecule has 2 aliphatic heterocycles. The Morgan fingerprint density at radius 3 is 2.26 bits per heavy atom. The van der Waals surface area contributed by atoms with Crippen LogP contribution < -0.4 is 9.64 Å². The third-order valence-electron chi connectivity index (χ3n) is 8.37. The zero-order chi connectivity index (χ0) is 26.9. The minimum atomic E-state index is -4.81. The number of benzene rings is 1. The van der Waals surface area contributed by atoms with Crippen LogP contribution in [0.4, 0.5) is 5.69 Å². The fourth-order valence-electron chi connectivity index (χ4n) is 6.38. The third-order valence-corrected chi connectivity index (χ3v) is 8.91. The number of aliphatic hydroxyl groups is 1. The average molecular weight is 552 g/mol. The van der Waals surface area contributed by atoms with E-state index in [4.69, 9.17) is 14.5 Å². The van der Waals surface area contributed by atoms with Crippen LogP contribution in [0, 0.1) is 11.8 Å². The van der Waals surface area contributed by atoms with Gasteiger partial charge < -0.3 is 24.5 Å². The molecular weight excluding hydrogens is 513 g/mol. The van der Waals surface area contributed by atoms with Crippen LogP contribution in [-0.2, 0) is 18.7 Å². The number of phosphoric acid groups is 1. The van der Waals surface area contributed by atoms with Crippen LogP contribution in [0.2, 0.25) is 0 Å². The minimum absolute atomic E-state index is 0.0374. The number of phosphoric ester groups is 1. The van der Waals surface area contributed by atoms with Gasteiger partial charge >= 0.3 is 7.82 Å². The van der Waals surface area contributed by atoms with E-state index in [0.717, 1.165) is 57.0 Å². The maximum Gasteiger partial charge on any atom is 0.469 e. The number of piperazine rings is 1. The molecule has 2 amide bonds. The zero-order valence-electron chi connectivity index (χ0n) is 21.6. The Balaban J connectivity index is 1.09. The molecule has 11 nitrogen and oxygen atoms in total.